The summed E-state index contributed by atoms with van der Waals surface area (Å²) >= 11 is 0. The third kappa shape index (κ3) is 7.10. The number of aliphatic hydroxyl groups is 1. The van der Waals surface area contributed by atoms with Gasteiger partial charge in [-0.3, -0.25) is 14.3 Å². The van der Waals surface area contributed by atoms with Crippen LogP contribution in [0.1, 0.15) is 59.1 Å². The van der Waals surface area contributed by atoms with Gasteiger partial charge in [-0.1, -0.05) is 24.3 Å². The molecule has 0 radical (unpaired) electrons. The van der Waals surface area contributed by atoms with Gasteiger partial charge in [-0.2, -0.15) is 10.1 Å². The normalized spacial score (nSPS) is 14.8. The van der Waals surface area contributed by atoms with E-state index in [0.29, 0.717) is 22.6 Å². The van der Waals surface area contributed by atoms with E-state index in [9.17, 15) is 14.7 Å². The molecule has 0 bridgehead atoms. The Bertz CT molecular complexity index is 1970. The van der Waals surface area contributed by atoms with Gasteiger partial charge in [0.05, 0.1) is 17.3 Å². The quantitative estimate of drug-likeness (QED) is 0.125. The van der Waals surface area contributed by atoms with E-state index in [-0.39, 0.29) is 35.8 Å². The van der Waals surface area contributed by atoms with Gasteiger partial charge in [0, 0.05) is 48.8 Å². The largest absolute Gasteiger partial charge is 0.384 e. The molecule has 1 aliphatic heterocycles. The van der Waals surface area contributed by atoms with Crippen LogP contribution in [0.2, 0.25) is 0 Å². The second-order valence-corrected chi connectivity index (χ2v) is 12.2. The molecule has 0 saturated carbocycles. The highest BCUT2D eigenvalue weighted by molar-refractivity contribution is 6.04. The SMILES string of the molecule is C=CCNC(=O)c1cnc(Nc2ccc(N3CCCC(n4cc5cccc(C(N)=O)c5n4)C3)cc2)nc1Nc1cccc(C(C)(C)O)n1. The van der Waals surface area contributed by atoms with Crippen molar-refractivity contribution in [3.05, 3.63) is 103 Å². The summed E-state index contributed by atoms with van der Waals surface area (Å²) in [5.74, 6) is 0.0885. The van der Waals surface area contributed by atoms with Gasteiger partial charge in [-0.15, -0.1) is 6.58 Å². The van der Waals surface area contributed by atoms with Crippen LogP contribution in [0.3, 0.4) is 0 Å². The maximum absolute atomic E-state index is 12.9. The van der Waals surface area contributed by atoms with E-state index in [1.807, 2.05) is 47.3 Å². The number of carbonyl (C=O) groups excluding carboxylic acids is 2. The van der Waals surface area contributed by atoms with Crippen LogP contribution in [-0.4, -0.2) is 61.3 Å². The summed E-state index contributed by atoms with van der Waals surface area (Å²) < 4.78 is 1.96. The van der Waals surface area contributed by atoms with Crippen molar-refractivity contribution < 1.29 is 14.7 Å². The fraction of sp³-hybridized carbons (Fsp3) is 0.257. The van der Waals surface area contributed by atoms with Crippen LogP contribution < -0.4 is 26.6 Å². The van der Waals surface area contributed by atoms with Gasteiger partial charge < -0.3 is 31.7 Å². The number of nitrogens with two attached hydrogens (primary N) is 1. The van der Waals surface area contributed by atoms with Gasteiger partial charge in [-0.05, 0) is 69.2 Å². The van der Waals surface area contributed by atoms with E-state index in [1.165, 1.54) is 6.20 Å². The van der Waals surface area contributed by atoms with Crippen LogP contribution in [-0.2, 0) is 5.60 Å². The molecule has 6 N–H and O–H groups in total. The number of nitrogens with one attached hydrogen (secondary N) is 3. The Morgan fingerprint density at radius 2 is 1.85 bits per heavy atom. The molecule has 1 aliphatic rings. The molecule has 1 fully saturated rings. The molecule has 0 aliphatic carbocycles. The number of primary amides is 1. The zero-order valence-electron chi connectivity index (χ0n) is 26.8. The molecule has 3 aromatic heterocycles. The molecular weight excluding hydrogens is 608 g/mol. The number of pyridine rings is 1. The first-order chi connectivity index (χ1) is 23.1. The molecule has 4 heterocycles. The fourth-order valence-corrected chi connectivity index (χ4v) is 5.67. The predicted octanol–water partition coefficient (Wildman–Crippen LogP) is 4.79. The van der Waals surface area contributed by atoms with Crippen molar-refractivity contribution in [2.24, 2.45) is 5.73 Å². The molecule has 2 aromatic carbocycles. The van der Waals surface area contributed by atoms with Gasteiger partial charge in [0.25, 0.3) is 11.8 Å². The average Bonchev–Trinajstić information content (AvgIpc) is 3.52. The zero-order chi connectivity index (χ0) is 33.8. The molecule has 5 aromatic rings. The molecule has 2 amide bonds. The summed E-state index contributed by atoms with van der Waals surface area (Å²) in [4.78, 5) is 40.6. The summed E-state index contributed by atoms with van der Waals surface area (Å²) in [5.41, 5.74) is 8.00. The van der Waals surface area contributed by atoms with Crippen LogP contribution in [0.4, 0.5) is 29.0 Å². The van der Waals surface area contributed by atoms with Crippen LogP contribution in [0.15, 0.2) is 85.7 Å². The first-order valence-corrected chi connectivity index (χ1v) is 15.7. The van der Waals surface area contributed by atoms with Crippen molar-refractivity contribution in [1.29, 1.82) is 0 Å². The molecule has 246 valence electrons. The lowest BCUT2D eigenvalue weighted by Crippen LogP contribution is -2.36. The van der Waals surface area contributed by atoms with Crippen molar-refractivity contribution in [3.63, 3.8) is 0 Å². The number of fused-ring (bicyclic) bond motifs is 1. The molecule has 1 unspecified atom stereocenters. The number of hydrogen-bond donors (Lipinski definition) is 5. The lowest BCUT2D eigenvalue weighted by Gasteiger charge is -2.34. The third-order valence-corrected chi connectivity index (χ3v) is 8.14. The van der Waals surface area contributed by atoms with E-state index >= 15 is 0 Å². The molecule has 1 saturated heterocycles. The van der Waals surface area contributed by atoms with Gasteiger partial charge in [0.2, 0.25) is 5.95 Å². The second-order valence-electron chi connectivity index (χ2n) is 12.2. The van der Waals surface area contributed by atoms with Crippen LogP contribution in [0, 0.1) is 0 Å². The summed E-state index contributed by atoms with van der Waals surface area (Å²) in [7, 11) is 0. The lowest BCUT2D eigenvalue weighted by atomic mass is 10.0. The van der Waals surface area contributed by atoms with Crippen molar-refractivity contribution in [3.8, 4) is 0 Å². The number of piperidine rings is 1. The monoisotopic (exact) mass is 646 g/mol. The highest BCUT2D eigenvalue weighted by Gasteiger charge is 2.24. The van der Waals surface area contributed by atoms with Crippen molar-refractivity contribution in [2.75, 3.05) is 35.2 Å². The Labute approximate surface area is 277 Å². The van der Waals surface area contributed by atoms with Crippen LogP contribution in [0.25, 0.3) is 10.9 Å². The predicted molar refractivity (Wildman–Crippen MR) is 186 cm³/mol. The molecular formula is C35H38N10O3. The molecule has 0 spiro atoms. The van der Waals surface area contributed by atoms with Gasteiger partial charge in [-0.25, -0.2) is 9.97 Å². The Kier molecular flexibility index (Phi) is 9.04. The van der Waals surface area contributed by atoms with E-state index < -0.39 is 11.5 Å². The number of carbonyl (C=O) groups is 2. The average molecular weight is 647 g/mol. The zero-order valence-corrected chi connectivity index (χ0v) is 26.8. The number of aromatic nitrogens is 5. The van der Waals surface area contributed by atoms with Crippen LogP contribution >= 0.6 is 0 Å². The van der Waals surface area contributed by atoms with Crippen molar-refractivity contribution in [2.45, 2.75) is 38.3 Å². The number of rotatable bonds is 11. The highest BCUT2D eigenvalue weighted by Crippen LogP contribution is 2.30. The Morgan fingerprint density at radius 3 is 2.60 bits per heavy atom. The Balaban J connectivity index is 1.18. The van der Waals surface area contributed by atoms with Crippen LogP contribution in [0.5, 0.6) is 0 Å². The molecule has 13 nitrogen and oxygen atoms in total. The number of anilines is 5. The van der Waals surface area contributed by atoms with Gasteiger partial charge in [0.15, 0.2) is 0 Å². The highest BCUT2D eigenvalue weighted by atomic mass is 16.3. The molecule has 48 heavy (non-hydrogen) atoms. The Morgan fingerprint density at radius 1 is 1.06 bits per heavy atom. The van der Waals surface area contributed by atoms with Crippen molar-refractivity contribution >= 4 is 51.7 Å². The molecule has 1 atom stereocenters. The van der Waals surface area contributed by atoms with E-state index in [2.05, 4.69) is 42.4 Å². The number of benzene rings is 2. The minimum Gasteiger partial charge on any atom is -0.384 e. The van der Waals surface area contributed by atoms with E-state index in [4.69, 9.17) is 10.8 Å². The smallest absolute Gasteiger partial charge is 0.256 e. The maximum Gasteiger partial charge on any atom is 0.256 e. The first kappa shape index (κ1) is 32.1. The fourth-order valence-electron chi connectivity index (χ4n) is 5.67. The maximum atomic E-state index is 12.9. The minimum atomic E-state index is -1.15. The topological polar surface area (TPSA) is 176 Å². The van der Waals surface area contributed by atoms with Gasteiger partial charge >= 0.3 is 0 Å². The summed E-state index contributed by atoms with van der Waals surface area (Å²) in [5, 5.41) is 25.2. The number of hydrogen-bond acceptors (Lipinski definition) is 10. The standard InChI is InChI=1S/C35H38N10O3/c1-4-17-37-33(47)27-19-38-34(42-32(27)41-29-12-6-11-28(40-29)35(2,3)48)39-23-13-15-24(16-14-23)44-18-7-9-25(21-44)45-20-22-8-5-10-26(31(36)46)30(22)43-45/h4-6,8,10-16,19-20,25,48H,1,7,9,17-18,21H2,2-3H3,(H2,36,46)(H,37,47)(H2,38,39,40,41,42). The second kappa shape index (κ2) is 13.5. The first-order valence-electron chi connectivity index (χ1n) is 15.7. The summed E-state index contributed by atoms with van der Waals surface area (Å²) in [6.07, 6.45) is 6.99. The molecule has 6 rings (SSSR count). The summed E-state index contributed by atoms with van der Waals surface area (Å²) in [6, 6.07) is 18.8. The van der Waals surface area contributed by atoms with Crippen molar-refractivity contribution in [1.82, 2.24) is 30.0 Å². The summed E-state index contributed by atoms with van der Waals surface area (Å²) in [6.45, 7) is 8.91. The van der Waals surface area contributed by atoms with E-state index in [1.54, 1.807) is 44.2 Å². The number of nitrogens with zero attached hydrogens (tertiary/aromatic N) is 6. The Hall–Kier alpha value is -5.82. The minimum absolute atomic E-state index is 0.143. The van der Waals surface area contributed by atoms with Gasteiger partial charge in [0.1, 0.15) is 28.3 Å². The molecule has 13 heteroatoms. The lowest BCUT2D eigenvalue weighted by molar-refractivity contribution is 0.0739. The third-order valence-electron chi connectivity index (χ3n) is 8.14. The van der Waals surface area contributed by atoms with E-state index in [0.717, 1.165) is 42.7 Å². The number of amides is 2.